The average molecular weight is 285 g/mol. The molecule has 0 atom stereocenters. The first-order chi connectivity index (χ1) is 8.89. The summed E-state index contributed by atoms with van der Waals surface area (Å²) in [5.74, 6) is -0.201. The van der Waals surface area contributed by atoms with Gasteiger partial charge in [0.15, 0.2) is 5.82 Å². The predicted molar refractivity (Wildman–Crippen MR) is 63.9 cm³/mol. The maximum atomic E-state index is 12.8. The van der Waals surface area contributed by atoms with E-state index in [2.05, 4.69) is 15.4 Å². The third-order valence-electron chi connectivity index (χ3n) is 2.44. The molecule has 7 nitrogen and oxygen atoms in total. The van der Waals surface area contributed by atoms with E-state index < -0.39 is 15.8 Å². The largest absolute Gasteiger partial charge is 0.243 e. The number of hydrogen-bond donors (Lipinski definition) is 0. The van der Waals surface area contributed by atoms with E-state index in [9.17, 15) is 12.8 Å². The van der Waals surface area contributed by atoms with E-state index >= 15 is 0 Å². The van der Waals surface area contributed by atoms with Crippen molar-refractivity contribution in [2.75, 3.05) is 7.05 Å². The molecule has 0 unspecified atom stereocenters. The van der Waals surface area contributed by atoms with Crippen molar-refractivity contribution in [3.63, 3.8) is 0 Å². The summed E-state index contributed by atoms with van der Waals surface area (Å²) < 4.78 is 38.2. The third-order valence-corrected chi connectivity index (χ3v) is 4.25. The molecule has 1 aromatic heterocycles. The van der Waals surface area contributed by atoms with Gasteiger partial charge in [-0.25, -0.2) is 12.8 Å². The Bertz CT molecular complexity index is 667. The number of hydrogen-bond acceptors (Lipinski definition) is 5. The minimum absolute atomic E-state index is 0.00640. The minimum Gasteiger partial charge on any atom is -0.207 e. The number of aromatic nitrogens is 4. The molecule has 0 aliphatic carbocycles. The van der Waals surface area contributed by atoms with Gasteiger partial charge >= 0.3 is 0 Å². The van der Waals surface area contributed by atoms with E-state index in [0.29, 0.717) is 0 Å². The summed E-state index contributed by atoms with van der Waals surface area (Å²) in [7, 11) is -0.709. The van der Waals surface area contributed by atoms with Gasteiger partial charge in [-0.2, -0.15) is 9.10 Å². The number of nitrogens with zero attached hydrogens (tertiary/aromatic N) is 5. The normalized spacial score (nSPS) is 12.0. The summed E-state index contributed by atoms with van der Waals surface area (Å²) in [6, 6.07) is 4.62. The fraction of sp³-hybridized carbons (Fsp3) is 0.300. The van der Waals surface area contributed by atoms with Crippen LogP contribution in [0, 0.1) is 5.82 Å². The Morgan fingerprint density at radius 2 is 1.95 bits per heavy atom. The van der Waals surface area contributed by atoms with Crippen LogP contribution in [-0.4, -0.2) is 40.0 Å². The van der Waals surface area contributed by atoms with E-state index in [4.69, 9.17) is 0 Å². The van der Waals surface area contributed by atoms with Crippen molar-refractivity contribution in [1.82, 2.24) is 24.5 Å². The lowest BCUT2D eigenvalue weighted by molar-refractivity contribution is 0.455. The van der Waals surface area contributed by atoms with Crippen LogP contribution in [0.1, 0.15) is 5.82 Å². The smallest absolute Gasteiger partial charge is 0.207 e. The molecule has 102 valence electrons. The molecular weight excluding hydrogens is 273 g/mol. The van der Waals surface area contributed by atoms with E-state index in [0.717, 1.165) is 16.4 Å². The number of benzene rings is 1. The topological polar surface area (TPSA) is 81.0 Å². The highest BCUT2D eigenvalue weighted by Gasteiger charge is 2.22. The lowest BCUT2D eigenvalue weighted by Crippen LogP contribution is -2.27. The van der Waals surface area contributed by atoms with Crippen molar-refractivity contribution in [3.8, 4) is 0 Å². The average Bonchev–Trinajstić information content (AvgIpc) is 2.75. The van der Waals surface area contributed by atoms with Gasteiger partial charge in [0.25, 0.3) is 0 Å². The zero-order valence-electron chi connectivity index (χ0n) is 10.4. The molecule has 0 saturated carbocycles. The first-order valence-corrected chi connectivity index (χ1v) is 6.78. The maximum absolute atomic E-state index is 12.8. The molecule has 0 spiro atoms. The lowest BCUT2D eigenvalue weighted by atomic mass is 10.4. The summed E-state index contributed by atoms with van der Waals surface area (Å²) in [5, 5.41) is 11.2. The van der Waals surface area contributed by atoms with E-state index in [1.165, 1.54) is 24.0 Å². The summed E-state index contributed by atoms with van der Waals surface area (Å²) in [4.78, 5) is 1.26. The monoisotopic (exact) mass is 285 g/mol. The molecule has 0 fully saturated rings. The van der Waals surface area contributed by atoms with Crippen molar-refractivity contribution >= 4 is 10.0 Å². The van der Waals surface area contributed by atoms with Crippen LogP contribution in [0.2, 0.25) is 0 Å². The third kappa shape index (κ3) is 2.93. The molecule has 0 amide bonds. The highest BCUT2D eigenvalue weighted by molar-refractivity contribution is 7.89. The van der Waals surface area contributed by atoms with Crippen molar-refractivity contribution in [2.24, 2.45) is 7.05 Å². The van der Waals surface area contributed by atoms with Crippen molar-refractivity contribution in [1.29, 1.82) is 0 Å². The lowest BCUT2D eigenvalue weighted by Gasteiger charge is -2.15. The van der Waals surface area contributed by atoms with Crippen molar-refractivity contribution in [2.45, 2.75) is 11.4 Å². The number of sulfonamides is 1. The zero-order valence-corrected chi connectivity index (χ0v) is 11.2. The Labute approximate surface area is 109 Å². The van der Waals surface area contributed by atoms with Gasteiger partial charge in [-0.05, 0) is 29.5 Å². The first kappa shape index (κ1) is 13.6. The highest BCUT2D eigenvalue weighted by atomic mass is 32.2. The first-order valence-electron chi connectivity index (χ1n) is 5.34. The van der Waals surface area contributed by atoms with Gasteiger partial charge in [0.1, 0.15) is 5.82 Å². The van der Waals surface area contributed by atoms with Crippen molar-refractivity contribution < 1.29 is 12.8 Å². The highest BCUT2D eigenvalue weighted by Crippen LogP contribution is 2.15. The Morgan fingerprint density at radius 1 is 1.32 bits per heavy atom. The van der Waals surface area contributed by atoms with Crippen molar-refractivity contribution in [3.05, 3.63) is 35.9 Å². The molecule has 1 heterocycles. The molecule has 9 heteroatoms. The predicted octanol–water partition coefficient (Wildman–Crippen LogP) is 0.170. The molecule has 19 heavy (non-hydrogen) atoms. The molecular formula is C10H12FN5O2S. The zero-order chi connectivity index (χ0) is 14.0. The Kier molecular flexibility index (Phi) is 3.58. The summed E-state index contributed by atoms with van der Waals surface area (Å²) in [6.45, 7) is -0.00640. The number of aryl methyl sites for hydroxylation is 1. The van der Waals surface area contributed by atoms with Crippen LogP contribution in [0.4, 0.5) is 4.39 Å². The van der Waals surface area contributed by atoms with Crippen LogP contribution < -0.4 is 0 Å². The SMILES string of the molecule is CN(Cc1nnn(C)n1)S(=O)(=O)c1ccc(F)cc1. The second-order valence-electron chi connectivity index (χ2n) is 3.91. The maximum Gasteiger partial charge on any atom is 0.243 e. The molecule has 0 bridgehead atoms. The van der Waals surface area contributed by atoms with Gasteiger partial charge in [-0.15, -0.1) is 10.2 Å². The van der Waals surface area contributed by atoms with E-state index in [1.54, 1.807) is 7.05 Å². The van der Waals surface area contributed by atoms with Crippen LogP contribution in [0.3, 0.4) is 0 Å². The van der Waals surface area contributed by atoms with Gasteiger partial charge in [0, 0.05) is 7.05 Å². The molecule has 1 aromatic carbocycles. The quantitative estimate of drug-likeness (QED) is 0.800. The summed E-state index contributed by atoms with van der Waals surface area (Å²) in [5.41, 5.74) is 0. The Hall–Kier alpha value is -1.87. The van der Waals surface area contributed by atoms with Crippen LogP contribution in [0.15, 0.2) is 29.2 Å². The molecule has 0 N–H and O–H groups in total. The van der Waals surface area contributed by atoms with Gasteiger partial charge in [-0.3, -0.25) is 0 Å². The van der Waals surface area contributed by atoms with Crippen LogP contribution in [0.25, 0.3) is 0 Å². The standard InChI is InChI=1S/C10H12FN5O2S/c1-15(7-10-12-14-16(2)13-10)19(17,18)9-5-3-8(11)4-6-9/h3-6H,7H2,1-2H3. The minimum atomic E-state index is -3.70. The van der Waals surface area contributed by atoms with Crippen LogP contribution in [-0.2, 0) is 23.6 Å². The number of tetrazole rings is 1. The molecule has 0 aliphatic heterocycles. The fourth-order valence-corrected chi connectivity index (χ4v) is 2.58. The summed E-state index contributed by atoms with van der Waals surface area (Å²) >= 11 is 0. The second kappa shape index (κ2) is 5.02. The van der Waals surface area contributed by atoms with E-state index in [-0.39, 0.29) is 17.3 Å². The summed E-state index contributed by atoms with van der Waals surface area (Å²) in [6.07, 6.45) is 0. The van der Waals surface area contributed by atoms with Gasteiger partial charge in [0.2, 0.25) is 10.0 Å². The molecule has 2 rings (SSSR count). The van der Waals surface area contributed by atoms with E-state index in [1.807, 2.05) is 0 Å². The Morgan fingerprint density at radius 3 is 2.47 bits per heavy atom. The number of halogens is 1. The van der Waals surface area contributed by atoms with Crippen LogP contribution in [0.5, 0.6) is 0 Å². The van der Waals surface area contributed by atoms with Gasteiger partial charge < -0.3 is 0 Å². The molecule has 0 saturated heterocycles. The second-order valence-corrected chi connectivity index (χ2v) is 5.95. The molecule has 0 aliphatic rings. The number of rotatable bonds is 4. The van der Waals surface area contributed by atoms with Gasteiger partial charge in [0.05, 0.1) is 18.5 Å². The Balaban J connectivity index is 2.21. The van der Waals surface area contributed by atoms with Gasteiger partial charge in [-0.1, -0.05) is 0 Å². The molecule has 2 aromatic rings. The fourth-order valence-electron chi connectivity index (χ4n) is 1.46. The molecule has 0 radical (unpaired) electrons. The van der Waals surface area contributed by atoms with Crippen LogP contribution >= 0.6 is 0 Å².